The Balaban J connectivity index is 2.18. The third-order valence-corrected chi connectivity index (χ3v) is 3.61. The Hall–Kier alpha value is -0.0800. The van der Waals surface area contributed by atoms with E-state index >= 15 is 0 Å². The summed E-state index contributed by atoms with van der Waals surface area (Å²) in [7, 11) is 2.26. The molecule has 0 aromatic heterocycles. The molecule has 1 aliphatic rings. The van der Waals surface area contributed by atoms with Crippen molar-refractivity contribution >= 4 is 0 Å². The van der Waals surface area contributed by atoms with Gasteiger partial charge in [0.15, 0.2) is 0 Å². The molecule has 0 heterocycles. The largest absolute Gasteiger partial charge is 0.311 e. The highest BCUT2D eigenvalue weighted by molar-refractivity contribution is 4.83. The highest BCUT2D eigenvalue weighted by Gasteiger charge is 2.29. The molecule has 0 bridgehead atoms. The van der Waals surface area contributed by atoms with Crippen LogP contribution < -0.4 is 5.32 Å². The van der Waals surface area contributed by atoms with Crippen LogP contribution in [-0.4, -0.2) is 37.1 Å². The maximum absolute atomic E-state index is 3.55. The van der Waals surface area contributed by atoms with E-state index in [1.54, 1.807) is 0 Å². The average molecular weight is 226 g/mol. The summed E-state index contributed by atoms with van der Waals surface area (Å²) in [6.07, 6.45) is 5.71. The summed E-state index contributed by atoms with van der Waals surface area (Å²) in [5.41, 5.74) is 0.842. The van der Waals surface area contributed by atoms with Crippen LogP contribution in [0, 0.1) is 5.41 Å². The Bertz CT molecular complexity index is 199. The summed E-state index contributed by atoms with van der Waals surface area (Å²) < 4.78 is 0. The van der Waals surface area contributed by atoms with Gasteiger partial charge in [-0.05, 0) is 46.1 Å². The van der Waals surface area contributed by atoms with Crippen LogP contribution in [0.5, 0.6) is 0 Å². The van der Waals surface area contributed by atoms with Crippen LogP contribution in [-0.2, 0) is 0 Å². The van der Waals surface area contributed by atoms with Crippen molar-refractivity contribution in [2.45, 2.75) is 58.9 Å². The zero-order chi connectivity index (χ0) is 12.2. The lowest BCUT2D eigenvalue weighted by atomic mass is 9.88. The van der Waals surface area contributed by atoms with Crippen LogP contribution in [0.15, 0.2) is 0 Å². The van der Waals surface area contributed by atoms with Crippen molar-refractivity contribution in [2.75, 3.05) is 26.7 Å². The standard InChI is InChI=1S/C14H30N2/c1-13(2,3)15-10-11-16(5)12-14(4)8-6-7-9-14/h15H,6-12H2,1-5H3. The smallest absolute Gasteiger partial charge is 0.0104 e. The van der Waals surface area contributed by atoms with E-state index in [1.807, 2.05) is 0 Å². The molecule has 0 saturated heterocycles. The molecule has 2 nitrogen and oxygen atoms in total. The van der Waals surface area contributed by atoms with Gasteiger partial charge >= 0.3 is 0 Å². The molecule has 0 spiro atoms. The first-order valence-electron chi connectivity index (χ1n) is 6.74. The Morgan fingerprint density at radius 1 is 1.19 bits per heavy atom. The summed E-state index contributed by atoms with van der Waals surface area (Å²) in [4.78, 5) is 2.49. The summed E-state index contributed by atoms with van der Waals surface area (Å²) >= 11 is 0. The number of likely N-dealkylation sites (N-methyl/N-ethyl adjacent to an activating group) is 1. The molecular formula is C14H30N2. The Morgan fingerprint density at radius 2 is 1.75 bits per heavy atom. The molecule has 16 heavy (non-hydrogen) atoms. The van der Waals surface area contributed by atoms with Gasteiger partial charge in [-0.2, -0.15) is 0 Å². The van der Waals surface area contributed by atoms with E-state index in [-0.39, 0.29) is 5.54 Å². The zero-order valence-electron chi connectivity index (χ0n) is 11.9. The summed E-state index contributed by atoms with van der Waals surface area (Å²) in [5.74, 6) is 0. The van der Waals surface area contributed by atoms with E-state index in [0.717, 1.165) is 13.1 Å². The number of hydrogen-bond acceptors (Lipinski definition) is 2. The van der Waals surface area contributed by atoms with Crippen molar-refractivity contribution in [2.24, 2.45) is 5.41 Å². The van der Waals surface area contributed by atoms with Gasteiger partial charge in [0.25, 0.3) is 0 Å². The zero-order valence-corrected chi connectivity index (χ0v) is 11.9. The van der Waals surface area contributed by atoms with Gasteiger partial charge in [-0.15, -0.1) is 0 Å². The van der Waals surface area contributed by atoms with Gasteiger partial charge in [0.1, 0.15) is 0 Å². The van der Waals surface area contributed by atoms with Crippen LogP contribution >= 0.6 is 0 Å². The molecule has 0 aromatic rings. The molecule has 1 N–H and O–H groups in total. The second-order valence-corrected chi connectivity index (χ2v) is 6.93. The first-order valence-corrected chi connectivity index (χ1v) is 6.74. The van der Waals surface area contributed by atoms with Crippen molar-refractivity contribution in [3.63, 3.8) is 0 Å². The van der Waals surface area contributed by atoms with Crippen molar-refractivity contribution in [1.82, 2.24) is 10.2 Å². The van der Waals surface area contributed by atoms with Crippen LogP contribution in [0.2, 0.25) is 0 Å². The lowest BCUT2D eigenvalue weighted by molar-refractivity contribution is 0.193. The second-order valence-electron chi connectivity index (χ2n) is 6.93. The fraction of sp³-hybridized carbons (Fsp3) is 1.00. The maximum atomic E-state index is 3.55. The molecule has 1 saturated carbocycles. The molecule has 1 aliphatic carbocycles. The number of hydrogen-bond donors (Lipinski definition) is 1. The molecule has 1 rings (SSSR count). The van der Waals surface area contributed by atoms with Gasteiger partial charge in [0, 0.05) is 25.2 Å². The monoisotopic (exact) mass is 226 g/mol. The fourth-order valence-electron chi connectivity index (χ4n) is 2.74. The second kappa shape index (κ2) is 5.50. The van der Waals surface area contributed by atoms with Gasteiger partial charge in [0.05, 0.1) is 0 Å². The number of nitrogens with one attached hydrogen (secondary N) is 1. The van der Waals surface area contributed by atoms with Crippen LogP contribution in [0.25, 0.3) is 0 Å². The van der Waals surface area contributed by atoms with Crippen LogP contribution in [0.3, 0.4) is 0 Å². The normalized spacial score (nSPS) is 20.6. The van der Waals surface area contributed by atoms with E-state index in [0.29, 0.717) is 5.41 Å². The average Bonchev–Trinajstić information content (AvgIpc) is 2.49. The van der Waals surface area contributed by atoms with Crippen LogP contribution in [0.4, 0.5) is 0 Å². The minimum atomic E-state index is 0.248. The molecule has 0 radical (unpaired) electrons. The first-order chi connectivity index (χ1) is 7.31. The van der Waals surface area contributed by atoms with E-state index in [1.165, 1.54) is 32.2 Å². The van der Waals surface area contributed by atoms with E-state index in [2.05, 4.69) is 45.0 Å². The topological polar surface area (TPSA) is 15.3 Å². The minimum absolute atomic E-state index is 0.248. The summed E-state index contributed by atoms with van der Waals surface area (Å²) in [6, 6.07) is 0. The lowest BCUT2D eigenvalue weighted by Crippen LogP contribution is -2.42. The molecule has 0 aliphatic heterocycles. The molecule has 1 fully saturated rings. The third kappa shape index (κ3) is 5.31. The predicted octanol–water partition coefficient (Wildman–Crippen LogP) is 2.89. The summed E-state index contributed by atoms with van der Waals surface area (Å²) in [5, 5.41) is 3.55. The quantitative estimate of drug-likeness (QED) is 0.775. The van der Waals surface area contributed by atoms with E-state index in [4.69, 9.17) is 0 Å². The molecule has 0 unspecified atom stereocenters. The Labute approximate surface area is 102 Å². The fourth-order valence-corrected chi connectivity index (χ4v) is 2.74. The van der Waals surface area contributed by atoms with Gasteiger partial charge in [-0.1, -0.05) is 19.8 Å². The molecule has 2 heteroatoms. The van der Waals surface area contributed by atoms with Crippen molar-refractivity contribution < 1.29 is 0 Å². The number of rotatable bonds is 5. The Morgan fingerprint density at radius 3 is 2.25 bits per heavy atom. The first kappa shape index (κ1) is 14.0. The SMILES string of the molecule is CN(CCNC(C)(C)C)CC1(C)CCCC1. The molecule has 96 valence electrons. The van der Waals surface area contributed by atoms with Gasteiger partial charge < -0.3 is 10.2 Å². The van der Waals surface area contributed by atoms with Gasteiger partial charge in [0.2, 0.25) is 0 Å². The summed E-state index contributed by atoms with van der Waals surface area (Å²) in [6.45, 7) is 12.7. The molecular weight excluding hydrogens is 196 g/mol. The number of nitrogens with zero attached hydrogens (tertiary/aromatic N) is 1. The maximum Gasteiger partial charge on any atom is 0.0104 e. The van der Waals surface area contributed by atoms with Crippen molar-refractivity contribution in [3.8, 4) is 0 Å². The molecule has 0 atom stereocenters. The van der Waals surface area contributed by atoms with E-state index < -0.39 is 0 Å². The minimum Gasteiger partial charge on any atom is -0.311 e. The van der Waals surface area contributed by atoms with E-state index in [9.17, 15) is 0 Å². The highest BCUT2D eigenvalue weighted by atomic mass is 15.1. The van der Waals surface area contributed by atoms with Crippen molar-refractivity contribution in [1.29, 1.82) is 0 Å². The third-order valence-electron chi connectivity index (χ3n) is 3.61. The Kier molecular flexibility index (Phi) is 4.81. The molecule has 0 aromatic carbocycles. The predicted molar refractivity (Wildman–Crippen MR) is 71.8 cm³/mol. The van der Waals surface area contributed by atoms with Crippen molar-refractivity contribution in [3.05, 3.63) is 0 Å². The molecule has 0 amide bonds. The highest BCUT2D eigenvalue weighted by Crippen LogP contribution is 2.37. The van der Waals surface area contributed by atoms with Crippen LogP contribution in [0.1, 0.15) is 53.4 Å². The van der Waals surface area contributed by atoms with Gasteiger partial charge in [-0.3, -0.25) is 0 Å². The lowest BCUT2D eigenvalue weighted by Gasteiger charge is -2.31. The van der Waals surface area contributed by atoms with Gasteiger partial charge in [-0.25, -0.2) is 0 Å².